The first-order valence-electron chi connectivity index (χ1n) is 17.6. The average molecular weight is 720 g/mol. The molecule has 5 aromatic rings. The Morgan fingerprint density at radius 1 is 0.830 bits per heavy atom. The predicted molar refractivity (Wildman–Crippen MR) is 196 cm³/mol. The van der Waals surface area contributed by atoms with Crippen molar-refractivity contribution in [2.45, 2.75) is 51.4 Å². The number of pyridine rings is 1. The molecule has 2 aliphatic carbocycles. The first kappa shape index (κ1) is 35.7. The molecule has 0 radical (unpaired) electrons. The van der Waals surface area contributed by atoms with Crippen molar-refractivity contribution in [2.24, 2.45) is 17.1 Å². The number of aromatic nitrogens is 1. The van der Waals surface area contributed by atoms with Gasteiger partial charge >= 0.3 is 0 Å². The second kappa shape index (κ2) is 15.1. The minimum Gasteiger partial charge on any atom is -0.497 e. The van der Waals surface area contributed by atoms with Crippen LogP contribution in [0.3, 0.4) is 0 Å². The molecule has 0 spiro atoms. The van der Waals surface area contributed by atoms with Gasteiger partial charge in [0.2, 0.25) is 5.91 Å². The summed E-state index contributed by atoms with van der Waals surface area (Å²) in [4.78, 5) is 38.1. The van der Waals surface area contributed by atoms with Gasteiger partial charge in [0.05, 0.1) is 44.7 Å². The Morgan fingerprint density at radius 2 is 1.57 bits per heavy atom. The number of carbonyl (C=O) groups is 2. The summed E-state index contributed by atoms with van der Waals surface area (Å²) in [5.41, 5.74) is 9.63. The van der Waals surface area contributed by atoms with E-state index in [1.165, 1.54) is 18.2 Å². The fourth-order valence-electron chi connectivity index (χ4n) is 6.83. The Balaban J connectivity index is 1.07. The van der Waals surface area contributed by atoms with E-state index in [4.69, 9.17) is 34.5 Å². The molecule has 2 amide bonds. The van der Waals surface area contributed by atoms with Crippen LogP contribution in [0.25, 0.3) is 10.9 Å². The van der Waals surface area contributed by atoms with Gasteiger partial charge in [-0.15, -0.1) is 0 Å². The van der Waals surface area contributed by atoms with Gasteiger partial charge in [0.15, 0.2) is 11.6 Å². The van der Waals surface area contributed by atoms with Gasteiger partial charge in [0.25, 0.3) is 5.91 Å². The highest BCUT2D eigenvalue weighted by molar-refractivity contribution is 5.95. The zero-order valence-corrected chi connectivity index (χ0v) is 30.0. The smallest absolute Gasteiger partial charge is 0.250 e. The molecule has 2 saturated carbocycles. The van der Waals surface area contributed by atoms with E-state index in [9.17, 15) is 9.59 Å². The Bertz CT molecular complexity index is 2140. The normalized spacial score (nSPS) is 17.6. The average Bonchev–Trinajstić information content (AvgIpc) is 4.12. The van der Waals surface area contributed by atoms with E-state index in [-0.39, 0.29) is 38.3 Å². The third kappa shape index (κ3) is 7.75. The number of methoxy groups -OCH3 is 3. The van der Waals surface area contributed by atoms with Crippen LogP contribution in [-0.2, 0) is 40.6 Å². The predicted octanol–water partition coefficient (Wildman–Crippen LogP) is 7.05. The largest absolute Gasteiger partial charge is 0.497 e. The van der Waals surface area contributed by atoms with E-state index in [1.807, 2.05) is 36.4 Å². The molecule has 10 nitrogen and oxygen atoms in total. The summed E-state index contributed by atoms with van der Waals surface area (Å²) in [6, 6.07) is 27.1. The number of hydrogen-bond donors (Lipinski definition) is 1. The second-order valence-corrected chi connectivity index (χ2v) is 13.7. The van der Waals surface area contributed by atoms with Crippen molar-refractivity contribution in [3.63, 3.8) is 0 Å². The maximum Gasteiger partial charge on any atom is 0.250 e. The van der Waals surface area contributed by atoms with Crippen molar-refractivity contribution >= 4 is 22.7 Å². The van der Waals surface area contributed by atoms with Gasteiger partial charge in [-0.3, -0.25) is 19.4 Å². The summed E-state index contributed by atoms with van der Waals surface area (Å²) in [7, 11) is 4.67. The first-order valence-corrected chi connectivity index (χ1v) is 17.6. The van der Waals surface area contributed by atoms with Crippen molar-refractivity contribution in [3.8, 4) is 23.0 Å². The molecule has 274 valence electrons. The summed E-state index contributed by atoms with van der Waals surface area (Å²) in [5, 5.41) is 2.22. The molecule has 2 aliphatic rings. The maximum absolute atomic E-state index is 15.6. The number of carbonyl (C=O) groups excluding carboxylic acids is 2. The summed E-state index contributed by atoms with van der Waals surface area (Å²) >= 11 is 0. The van der Waals surface area contributed by atoms with Crippen molar-refractivity contribution < 1.29 is 37.8 Å². The lowest BCUT2D eigenvalue weighted by Crippen LogP contribution is -2.37. The van der Waals surface area contributed by atoms with Gasteiger partial charge in [-0.25, -0.2) is 9.45 Å². The molecule has 1 unspecified atom stereocenters. The van der Waals surface area contributed by atoms with Gasteiger partial charge < -0.3 is 24.7 Å². The number of hydrogen-bond acceptors (Lipinski definition) is 8. The number of hydroxylamine groups is 2. The van der Waals surface area contributed by atoms with Crippen LogP contribution in [0.2, 0.25) is 0 Å². The summed E-state index contributed by atoms with van der Waals surface area (Å²) < 4.78 is 37.7. The third-order valence-corrected chi connectivity index (χ3v) is 10.2. The molecule has 11 heteroatoms. The van der Waals surface area contributed by atoms with Gasteiger partial charge in [0.1, 0.15) is 30.5 Å². The van der Waals surface area contributed by atoms with Crippen LogP contribution in [-0.4, -0.2) is 43.2 Å². The van der Waals surface area contributed by atoms with E-state index < -0.39 is 29.0 Å². The lowest BCUT2D eigenvalue weighted by atomic mass is 9.92. The van der Waals surface area contributed by atoms with E-state index in [2.05, 4.69) is 6.07 Å². The number of primary amides is 1. The molecule has 4 aromatic carbocycles. The number of rotatable bonds is 16. The Hall–Kier alpha value is -5.68. The number of nitrogens with zero attached hydrogens (tertiary/aromatic N) is 2. The summed E-state index contributed by atoms with van der Waals surface area (Å²) in [5.74, 6) is -0.0548. The molecular weight excluding hydrogens is 677 g/mol. The van der Waals surface area contributed by atoms with Crippen LogP contribution < -0.4 is 24.7 Å². The van der Waals surface area contributed by atoms with E-state index in [0.29, 0.717) is 34.3 Å². The topological polar surface area (TPSA) is 122 Å². The summed E-state index contributed by atoms with van der Waals surface area (Å²) in [6.07, 6.45) is 2.51. The maximum atomic E-state index is 15.6. The molecular formula is C42H42FN3O7. The number of fused-ring (bicyclic) bond motifs is 1. The van der Waals surface area contributed by atoms with Crippen LogP contribution in [0, 0.1) is 17.2 Å². The molecule has 1 aromatic heterocycles. The number of para-hydroxylation sites is 1. The van der Waals surface area contributed by atoms with Crippen LogP contribution >= 0.6 is 0 Å². The van der Waals surface area contributed by atoms with Crippen LogP contribution in [0.4, 0.5) is 4.39 Å². The van der Waals surface area contributed by atoms with Crippen LogP contribution in [0.5, 0.6) is 23.0 Å². The van der Waals surface area contributed by atoms with E-state index in [0.717, 1.165) is 40.6 Å². The zero-order valence-electron chi connectivity index (χ0n) is 30.0. The quantitative estimate of drug-likeness (QED) is 0.108. The van der Waals surface area contributed by atoms with Crippen molar-refractivity contribution in [1.29, 1.82) is 0 Å². The highest BCUT2D eigenvalue weighted by Gasteiger charge is 2.63. The number of amides is 2. The standard InChI is InChI=1S/C42H42FN3O7/c1-49-31-14-8-26(9-15-31)24-53-46(23-29-13-16-32(50-2)20-39(29)51-3)40(47)34-22-42(34,41(44)48)21-27-10-17-38(35(43)18-27)52-25-30-19-37(28-11-12-28)45-36-7-5-4-6-33(30)36/h4-10,13-20,28,34H,11-12,21-25H2,1-3H3,(H2,44,48)/t34?,42-/m0/s1. The van der Waals surface area contributed by atoms with Crippen molar-refractivity contribution in [1.82, 2.24) is 10.0 Å². The Labute approximate surface area is 307 Å². The number of halogens is 1. The molecule has 0 saturated heterocycles. The Morgan fingerprint density at radius 3 is 2.26 bits per heavy atom. The fourth-order valence-corrected chi connectivity index (χ4v) is 6.83. The molecule has 7 rings (SSSR count). The lowest BCUT2D eigenvalue weighted by Gasteiger charge is -2.25. The second-order valence-electron chi connectivity index (χ2n) is 13.7. The SMILES string of the molecule is COc1ccc(CON(Cc2ccc(OC)cc2OC)C(=O)C2C[C@]2(Cc2ccc(OCc3cc(C4CC4)nc4ccccc34)c(F)c2)C(N)=O)cc1. The lowest BCUT2D eigenvalue weighted by molar-refractivity contribution is -0.198. The molecule has 1 heterocycles. The molecule has 0 bridgehead atoms. The van der Waals surface area contributed by atoms with Gasteiger partial charge in [-0.1, -0.05) is 36.4 Å². The molecule has 0 aliphatic heterocycles. The van der Waals surface area contributed by atoms with Gasteiger partial charge in [-0.05, 0) is 85.3 Å². The van der Waals surface area contributed by atoms with E-state index >= 15 is 4.39 Å². The number of ether oxygens (including phenoxy) is 4. The third-order valence-electron chi connectivity index (χ3n) is 10.2. The Kier molecular flexibility index (Phi) is 10.2. The zero-order chi connectivity index (χ0) is 37.1. The number of nitrogens with two attached hydrogens (primary N) is 1. The monoisotopic (exact) mass is 719 g/mol. The number of benzene rings is 4. The molecule has 2 fully saturated rings. The van der Waals surface area contributed by atoms with Gasteiger partial charge in [-0.2, -0.15) is 0 Å². The van der Waals surface area contributed by atoms with Gasteiger partial charge in [0, 0.05) is 34.2 Å². The fraction of sp³-hybridized carbons (Fsp3) is 0.310. The van der Waals surface area contributed by atoms with Crippen molar-refractivity contribution in [3.05, 3.63) is 125 Å². The highest BCUT2D eigenvalue weighted by atomic mass is 19.1. The first-order chi connectivity index (χ1) is 25.7. The molecule has 2 N–H and O–H groups in total. The summed E-state index contributed by atoms with van der Waals surface area (Å²) in [6.45, 7) is 0.281. The minimum absolute atomic E-state index is 0.0308. The van der Waals surface area contributed by atoms with Crippen LogP contribution in [0.15, 0.2) is 91.0 Å². The minimum atomic E-state index is -1.22. The van der Waals surface area contributed by atoms with E-state index in [1.54, 1.807) is 56.7 Å². The van der Waals surface area contributed by atoms with Crippen molar-refractivity contribution in [2.75, 3.05) is 21.3 Å². The van der Waals surface area contributed by atoms with Crippen LogP contribution in [0.1, 0.15) is 53.1 Å². The molecule has 53 heavy (non-hydrogen) atoms. The molecule has 2 atom stereocenters. The highest BCUT2D eigenvalue weighted by Crippen LogP contribution is 2.56.